The molecule has 4 aromatic rings. The van der Waals surface area contributed by atoms with Crippen molar-refractivity contribution in [3.8, 4) is 11.4 Å². The Morgan fingerprint density at radius 3 is 2.15 bits per heavy atom. The summed E-state index contributed by atoms with van der Waals surface area (Å²) in [5, 5.41) is 2.51. The van der Waals surface area contributed by atoms with Crippen molar-refractivity contribution in [3.63, 3.8) is 0 Å². The largest absolute Gasteiger partial charge is 0.416 e. The maximum atomic E-state index is 13.7. The number of para-hydroxylation sites is 1. The highest BCUT2D eigenvalue weighted by atomic mass is 32.2. The molecule has 48 heavy (non-hydrogen) atoms. The molecule has 3 aromatic carbocycles. The van der Waals surface area contributed by atoms with Gasteiger partial charge in [-0.1, -0.05) is 45.7 Å². The molecule has 1 aromatic heterocycles. The second-order valence-electron chi connectivity index (χ2n) is 11.7. The molecule has 0 fully saturated rings. The van der Waals surface area contributed by atoms with Crippen LogP contribution in [0.15, 0.2) is 65.6 Å². The average molecular weight is 697 g/mol. The fraction of sp³-hybridized carbons (Fsp3) is 0.364. The second-order valence-corrected chi connectivity index (χ2v) is 13.4. The average Bonchev–Trinajstić information content (AvgIpc) is 3.37. The number of sulfonamides is 1. The lowest BCUT2D eigenvalue weighted by Gasteiger charge is -2.16. The number of halogens is 6. The Kier molecular flexibility index (Phi) is 10.9. The monoisotopic (exact) mass is 696 g/mol. The number of anilines is 1. The first-order valence-corrected chi connectivity index (χ1v) is 16.6. The van der Waals surface area contributed by atoms with Crippen LogP contribution in [-0.2, 0) is 33.7 Å². The first kappa shape index (κ1) is 36.4. The number of amides is 2. The molecular weight excluding hydrogens is 662 g/mol. The van der Waals surface area contributed by atoms with Crippen LogP contribution in [0.3, 0.4) is 0 Å². The zero-order chi connectivity index (χ0) is 35.4. The van der Waals surface area contributed by atoms with Gasteiger partial charge in [-0.2, -0.15) is 26.3 Å². The second kappa shape index (κ2) is 14.4. The highest BCUT2D eigenvalue weighted by molar-refractivity contribution is 7.90. The lowest BCUT2D eigenvalue weighted by Crippen LogP contribution is -2.31. The Hall–Kier alpha value is -4.40. The number of carbonyl (C=O) groups is 2. The van der Waals surface area contributed by atoms with Crippen molar-refractivity contribution >= 4 is 38.6 Å². The van der Waals surface area contributed by atoms with Crippen molar-refractivity contribution in [2.24, 2.45) is 5.92 Å². The van der Waals surface area contributed by atoms with E-state index in [0.717, 1.165) is 12.8 Å². The molecule has 0 unspecified atom stereocenters. The van der Waals surface area contributed by atoms with Crippen LogP contribution in [0.2, 0.25) is 0 Å². The molecule has 0 aliphatic rings. The summed E-state index contributed by atoms with van der Waals surface area (Å²) in [6.45, 7) is 5.96. The molecule has 4 rings (SSSR count). The van der Waals surface area contributed by atoms with Crippen LogP contribution in [0.4, 0.5) is 32.0 Å². The van der Waals surface area contributed by atoms with Gasteiger partial charge in [0.2, 0.25) is 5.91 Å². The van der Waals surface area contributed by atoms with E-state index in [9.17, 15) is 44.3 Å². The molecular formula is C33H34F6N4O4S. The van der Waals surface area contributed by atoms with Gasteiger partial charge in [0.05, 0.1) is 27.8 Å². The first-order chi connectivity index (χ1) is 22.4. The Morgan fingerprint density at radius 2 is 1.54 bits per heavy atom. The maximum Gasteiger partial charge on any atom is 0.416 e. The third kappa shape index (κ3) is 8.74. The fourth-order valence-electron chi connectivity index (χ4n) is 4.98. The predicted molar refractivity (Wildman–Crippen MR) is 168 cm³/mol. The van der Waals surface area contributed by atoms with E-state index in [1.807, 2.05) is 25.5 Å². The Bertz CT molecular complexity index is 1890. The summed E-state index contributed by atoms with van der Waals surface area (Å²) in [7, 11) is -4.35. The number of fused-ring (bicyclic) bond motifs is 1. The summed E-state index contributed by atoms with van der Waals surface area (Å²) in [5.74, 6) is -1.48. The van der Waals surface area contributed by atoms with Gasteiger partial charge in [-0.15, -0.1) is 0 Å². The summed E-state index contributed by atoms with van der Waals surface area (Å²) >= 11 is 0. The molecule has 0 saturated carbocycles. The number of alkyl halides is 6. The lowest BCUT2D eigenvalue weighted by atomic mass is 10.0. The summed E-state index contributed by atoms with van der Waals surface area (Å²) < 4.78 is 112. The van der Waals surface area contributed by atoms with Crippen molar-refractivity contribution in [3.05, 3.63) is 77.4 Å². The molecule has 0 bridgehead atoms. The van der Waals surface area contributed by atoms with E-state index < -0.39 is 50.9 Å². The van der Waals surface area contributed by atoms with Gasteiger partial charge in [0.15, 0.2) is 0 Å². The van der Waals surface area contributed by atoms with E-state index in [0.29, 0.717) is 30.5 Å². The summed E-state index contributed by atoms with van der Waals surface area (Å²) in [5.41, 5.74) is -3.03. The van der Waals surface area contributed by atoms with Crippen LogP contribution in [0.1, 0.15) is 74.4 Å². The van der Waals surface area contributed by atoms with Gasteiger partial charge in [0.25, 0.3) is 15.9 Å². The van der Waals surface area contributed by atoms with Crippen LogP contribution in [0.25, 0.3) is 22.4 Å². The first-order valence-electron chi connectivity index (χ1n) is 15.2. The van der Waals surface area contributed by atoms with Gasteiger partial charge in [-0.05, 0) is 67.3 Å². The van der Waals surface area contributed by atoms with E-state index in [1.165, 1.54) is 47.0 Å². The molecule has 2 N–H and O–H groups in total. The van der Waals surface area contributed by atoms with Crippen molar-refractivity contribution in [2.75, 3.05) is 5.32 Å². The van der Waals surface area contributed by atoms with E-state index in [2.05, 4.69) is 10.3 Å². The van der Waals surface area contributed by atoms with E-state index in [4.69, 9.17) is 0 Å². The minimum Gasteiger partial charge on any atom is -0.324 e. The molecule has 0 spiro atoms. The molecule has 0 atom stereocenters. The molecule has 8 nitrogen and oxygen atoms in total. The number of benzene rings is 3. The van der Waals surface area contributed by atoms with Gasteiger partial charge in [0, 0.05) is 24.1 Å². The van der Waals surface area contributed by atoms with Gasteiger partial charge >= 0.3 is 12.4 Å². The van der Waals surface area contributed by atoms with Crippen LogP contribution >= 0.6 is 0 Å². The zero-order valence-corrected chi connectivity index (χ0v) is 27.1. The molecule has 2 amide bonds. The van der Waals surface area contributed by atoms with Crippen molar-refractivity contribution in [2.45, 2.75) is 76.7 Å². The molecule has 0 aliphatic carbocycles. The molecule has 0 radical (unpaired) electrons. The minimum atomic E-state index is -5.06. The van der Waals surface area contributed by atoms with Gasteiger partial charge < -0.3 is 9.88 Å². The topological polar surface area (TPSA) is 110 Å². The number of nitrogens with zero attached hydrogens (tertiary/aromatic N) is 2. The third-order valence-electron chi connectivity index (χ3n) is 7.47. The smallest absolute Gasteiger partial charge is 0.324 e. The normalized spacial score (nSPS) is 12.5. The van der Waals surface area contributed by atoms with Gasteiger partial charge in [-0.25, -0.2) is 18.1 Å². The van der Waals surface area contributed by atoms with E-state index >= 15 is 0 Å². The van der Waals surface area contributed by atoms with Crippen LogP contribution in [-0.4, -0.2) is 29.8 Å². The lowest BCUT2D eigenvalue weighted by molar-refractivity contribution is -0.143. The van der Waals surface area contributed by atoms with E-state index in [1.54, 1.807) is 0 Å². The number of imidazole rings is 1. The summed E-state index contributed by atoms with van der Waals surface area (Å²) in [4.78, 5) is 29.6. The Balaban J connectivity index is 1.73. The highest BCUT2D eigenvalue weighted by Crippen LogP contribution is 2.39. The SMILES string of the molecule is CCCCCC(=O)NS(=O)(=O)c1ccccc1NC(=O)c1ccc2c(c1)nc(-c1cc(C(F)(F)F)cc(C(F)(F)F)c1)n2CCC(C)C. The summed E-state index contributed by atoms with van der Waals surface area (Å²) in [6.07, 6.45) is -7.50. The summed E-state index contributed by atoms with van der Waals surface area (Å²) in [6, 6.07) is 10.9. The fourth-order valence-corrected chi connectivity index (χ4v) is 6.16. The minimum absolute atomic E-state index is 0.00539. The van der Waals surface area contributed by atoms with Gasteiger partial charge in [-0.3, -0.25) is 9.59 Å². The highest BCUT2D eigenvalue weighted by Gasteiger charge is 2.37. The molecule has 15 heteroatoms. The number of unbranched alkanes of at least 4 members (excludes halogenated alkanes) is 2. The van der Waals surface area contributed by atoms with Crippen LogP contribution in [0.5, 0.6) is 0 Å². The number of aromatic nitrogens is 2. The number of aryl methyl sites for hydroxylation is 1. The quantitative estimate of drug-likeness (QED) is 0.114. The van der Waals surface area contributed by atoms with Crippen LogP contribution < -0.4 is 10.0 Å². The number of nitrogens with one attached hydrogen (secondary N) is 2. The number of hydrogen-bond acceptors (Lipinski definition) is 5. The Labute approximate surface area is 273 Å². The van der Waals surface area contributed by atoms with Crippen molar-refractivity contribution in [1.82, 2.24) is 14.3 Å². The molecule has 1 heterocycles. The molecule has 0 saturated heterocycles. The standard InChI is InChI=1S/C33H34F6N4O4S/c1-4-5-6-11-29(44)42-48(46,47)28-10-8-7-9-25(28)41-31(45)21-12-13-27-26(18-21)40-30(43(27)15-14-20(2)3)22-16-23(32(34,35)36)19-24(17-22)33(37,38)39/h7-10,12-13,16-20H,4-6,11,14-15H2,1-3H3,(H,41,45)(H,42,44). The number of carbonyl (C=O) groups excluding carboxylic acids is 2. The number of rotatable bonds is 12. The number of hydrogen-bond donors (Lipinski definition) is 2. The molecule has 258 valence electrons. The van der Waals surface area contributed by atoms with E-state index in [-0.39, 0.29) is 52.4 Å². The Morgan fingerprint density at radius 1 is 0.896 bits per heavy atom. The van der Waals surface area contributed by atoms with Gasteiger partial charge in [0.1, 0.15) is 10.7 Å². The van der Waals surface area contributed by atoms with Crippen LogP contribution in [0, 0.1) is 5.92 Å². The predicted octanol–water partition coefficient (Wildman–Crippen LogP) is 8.42. The molecule has 0 aliphatic heterocycles. The maximum absolute atomic E-state index is 13.7. The zero-order valence-electron chi connectivity index (χ0n) is 26.3. The third-order valence-corrected chi connectivity index (χ3v) is 8.90. The van der Waals surface area contributed by atoms with Crippen molar-refractivity contribution < 1.29 is 44.3 Å². The van der Waals surface area contributed by atoms with Crippen molar-refractivity contribution in [1.29, 1.82) is 0 Å².